The molecule has 0 radical (unpaired) electrons. The molecule has 0 unspecified atom stereocenters. The summed E-state index contributed by atoms with van der Waals surface area (Å²) in [7, 11) is 0. The standard InChI is InChI=1S/C49H31N5.C46H32N4/c1-4-16-32(17-5-1)47-50-48(33-18-6-2-7-19-33)52-49(51-47)34-28-30-36(31-29-34)53-42-27-15-13-25-40(42)44-45(53)38-23-11-10-22-37(38)43-39-24-12-14-26-41(39)54(46(43)44)35-20-8-3-9-21-35;1-46(2)37-23-13-11-21-35(37)39-33-19-9-10-20-34(33)42-40(41(39)46)36-22-12-14-24-38(36)50(42)32-27-25-31(26-28-32)45-48-43(29-15-5-3-6-16-29)47-44(49-45)30-17-7-4-8-18-30/h1-31H;3-28H,1-2H3. The van der Waals surface area contributed by atoms with Gasteiger partial charge in [0.1, 0.15) is 0 Å². The van der Waals surface area contributed by atoms with Gasteiger partial charge in [-0.15, -0.1) is 0 Å². The van der Waals surface area contributed by atoms with Gasteiger partial charge in [-0.05, 0) is 112 Å². The molecule has 1 aliphatic rings. The third-order valence-electron chi connectivity index (χ3n) is 20.9. The quantitative estimate of drug-likeness (QED) is 0.143. The number of nitrogens with zero attached hydrogens (tertiary/aromatic N) is 9. The summed E-state index contributed by atoms with van der Waals surface area (Å²) in [5.74, 6) is 3.89. The second-order valence-corrected chi connectivity index (χ2v) is 27.2. The highest BCUT2D eigenvalue weighted by Crippen LogP contribution is 2.57. The molecule has 9 nitrogen and oxygen atoms in total. The van der Waals surface area contributed by atoms with Crippen LogP contribution in [0.2, 0.25) is 0 Å². The Hall–Kier alpha value is -13.8. The van der Waals surface area contributed by atoms with Crippen LogP contribution in [0.1, 0.15) is 25.0 Å². The zero-order valence-electron chi connectivity index (χ0n) is 56.9. The lowest BCUT2D eigenvalue weighted by molar-refractivity contribution is 0.667. The van der Waals surface area contributed by atoms with E-state index in [4.69, 9.17) is 29.9 Å². The molecule has 0 amide bonds. The van der Waals surface area contributed by atoms with Gasteiger partial charge in [-0.2, -0.15) is 0 Å². The summed E-state index contributed by atoms with van der Waals surface area (Å²) < 4.78 is 7.34. The molecule has 0 aliphatic heterocycles. The molecule has 5 aromatic heterocycles. The Morgan fingerprint density at radius 3 is 0.942 bits per heavy atom. The highest BCUT2D eigenvalue weighted by atomic mass is 15.1. The van der Waals surface area contributed by atoms with Crippen molar-refractivity contribution in [1.82, 2.24) is 43.6 Å². The van der Waals surface area contributed by atoms with Crippen LogP contribution in [0, 0.1) is 0 Å². The van der Waals surface area contributed by atoms with Crippen molar-refractivity contribution in [2.24, 2.45) is 0 Å². The first-order chi connectivity index (χ1) is 51.4. The molecule has 5 heterocycles. The van der Waals surface area contributed by atoms with E-state index in [0.29, 0.717) is 34.9 Å². The van der Waals surface area contributed by atoms with Crippen LogP contribution in [0.5, 0.6) is 0 Å². The van der Waals surface area contributed by atoms with E-state index in [1.165, 1.54) is 104 Å². The summed E-state index contributed by atoms with van der Waals surface area (Å²) in [4.78, 5) is 29.7. The van der Waals surface area contributed by atoms with Crippen LogP contribution in [0.4, 0.5) is 0 Å². The average Bonchev–Trinajstić information content (AvgIpc) is 1.53. The zero-order chi connectivity index (χ0) is 69.0. The maximum absolute atomic E-state index is 4.99. The Kier molecular flexibility index (Phi) is 14.0. The summed E-state index contributed by atoms with van der Waals surface area (Å²) in [5.41, 5.74) is 21.5. The lowest BCUT2D eigenvalue weighted by Crippen LogP contribution is -2.15. The van der Waals surface area contributed by atoms with E-state index >= 15 is 0 Å². The minimum absolute atomic E-state index is 0.154. The first-order valence-corrected chi connectivity index (χ1v) is 35.4. The first kappa shape index (κ1) is 60.2. The Morgan fingerprint density at radius 1 is 0.221 bits per heavy atom. The van der Waals surface area contributed by atoms with E-state index in [0.717, 1.165) is 56.0 Å². The van der Waals surface area contributed by atoms with Gasteiger partial charge in [0.25, 0.3) is 0 Å². The van der Waals surface area contributed by atoms with Gasteiger partial charge in [0.2, 0.25) is 0 Å². The molecule has 21 rings (SSSR count). The molecule has 0 saturated carbocycles. The van der Waals surface area contributed by atoms with Gasteiger partial charge < -0.3 is 13.7 Å². The summed E-state index contributed by atoms with van der Waals surface area (Å²) >= 11 is 0. The number of rotatable bonds is 9. The van der Waals surface area contributed by atoms with Crippen molar-refractivity contribution in [2.45, 2.75) is 19.3 Å². The van der Waals surface area contributed by atoms with Crippen molar-refractivity contribution >= 4 is 87.0 Å². The molecule has 1 aliphatic carbocycles. The van der Waals surface area contributed by atoms with Crippen LogP contribution < -0.4 is 0 Å². The molecule has 0 saturated heterocycles. The molecule has 20 aromatic rings. The van der Waals surface area contributed by atoms with Gasteiger partial charge in [-0.1, -0.05) is 281 Å². The van der Waals surface area contributed by atoms with E-state index < -0.39 is 0 Å². The fourth-order valence-corrected chi connectivity index (χ4v) is 16.4. The normalized spacial score (nSPS) is 12.4. The highest BCUT2D eigenvalue weighted by Gasteiger charge is 2.40. The summed E-state index contributed by atoms with van der Waals surface area (Å²) in [6, 6.07) is 122. The Bertz CT molecular complexity index is 6650. The summed E-state index contributed by atoms with van der Waals surface area (Å²) in [5, 5.41) is 12.6. The van der Waals surface area contributed by atoms with Crippen molar-refractivity contribution in [2.75, 3.05) is 0 Å². The van der Waals surface area contributed by atoms with E-state index in [9.17, 15) is 0 Å². The highest BCUT2D eigenvalue weighted by molar-refractivity contribution is 6.37. The second kappa shape index (κ2) is 24.3. The summed E-state index contributed by atoms with van der Waals surface area (Å²) in [6.07, 6.45) is 0. The molecular weight excluding hydrogens is 1270 g/mol. The molecule has 15 aromatic carbocycles. The number of hydrogen-bond donors (Lipinski definition) is 0. The fourth-order valence-electron chi connectivity index (χ4n) is 16.4. The molecule has 0 fully saturated rings. The topological polar surface area (TPSA) is 92.1 Å². The van der Waals surface area contributed by atoms with Crippen LogP contribution in [0.3, 0.4) is 0 Å². The molecule has 488 valence electrons. The van der Waals surface area contributed by atoms with Crippen LogP contribution in [-0.4, -0.2) is 43.6 Å². The maximum Gasteiger partial charge on any atom is 0.164 e. The van der Waals surface area contributed by atoms with E-state index in [-0.39, 0.29) is 5.41 Å². The van der Waals surface area contributed by atoms with Crippen molar-refractivity contribution < 1.29 is 0 Å². The van der Waals surface area contributed by atoms with E-state index in [2.05, 4.69) is 252 Å². The monoisotopic (exact) mass is 1330 g/mol. The average molecular weight is 1330 g/mol. The largest absolute Gasteiger partial charge is 0.309 e. The number of aromatic nitrogens is 9. The van der Waals surface area contributed by atoms with Gasteiger partial charge in [-0.3, -0.25) is 0 Å². The molecule has 9 heteroatoms. The molecule has 0 spiro atoms. The van der Waals surface area contributed by atoms with Gasteiger partial charge >= 0.3 is 0 Å². The Morgan fingerprint density at radius 2 is 0.510 bits per heavy atom. The minimum Gasteiger partial charge on any atom is -0.309 e. The Labute approximate surface area is 599 Å². The van der Waals surface area contributed by atoms with Crippen molar-refractivity contribution in [3.8, 4) is 96.5 Å². The smallest absolute Gasteiger partial charge is 0.164 e. The second-order valence-electron chi connectivity index (χ2n) is 27.2. The number of fused-ring (bicyclic) bond motifs is 20. The molecule has 0 N–H and O–H groups in total. The van der Waals surface area contributed by atoms with E-state index in [1.54, 1.807) is 0 Å². The predicted octanol–water partition coefficient (Wildman–Crippen LogP) is 23.6. The minimum atomic E-state index is -0.154. The van der Waals surface area contributed by atoms with Crippen LogP contribution in [-0.2, 0) is 5.41 Å². The van der Waals surface area contributed by atoms with Gasteiger partial charge in [0, 0.05) is 98.9 Å². The van der Waals surface area contributed by atoms with Crippen LogP contribution in [0.25, 0.3) is 183 Å². The number of benzene rings is 15. The van der Waals surface area contributed by atoms with Crippen molar-refractivity contribution in [1.29, 1.82) is 0 Å². The first-order valence-electron chi connectivity index (χ1n) is 35.4. The molecule has 0 bridgehead atoms. The third-order valence-corrected chi connectivity index (χ3v) is 20.9. The zero-order valence-corrected chi connectivity index (χ0v) is 56.9. The maximum atomic E-state index is 4.99. The molecule has 104 heavy (non-hydrogen) atoms. The molecular formula is C95H63N9. The third kappa shape index (κ3) is 9.62. The predicted molar refractivity (Wildman–Crippen MR) is 428 cm³/mol. The Balaban J connectivity index is 0.000000139. The van der Waals surface area contributed by atoms with Gasteiger partial charge in [0.15, 0.2) is 34.9 Å². The SMILES string of the molecule is CC1(C)c2ccccc2-c2c1c1c3ccccc3n(-c3ccc(-c4nc(-c5ccccc5)nc(-c5ccccc5)n4)cc3)c1c1ccccc21.c1ccc(-c2nc(-c3ccccc3)nc(-c3ccc(-n4c5ccccc5c5c4c4ccccc4c4c6ccccc6n(-c6ccccc6)c45)cc3)n2)cc1. The molecule has 0 atom stereocenters. The van der Waals surface area contributed by atoms with Crippen molar-refractivity contribution in [3.05, 3.63) is 357 Å². The fraction of sp³-hybridized carbons (Fsp3) is 0.0316. The van der Waals surface area contributed by atoms with E-state index in [1.807, 2.05) is 121 Å². The number of para-hydroxylation sites is 4. The van der Waals surface area contributed by atoms with Gasteiger partial charge in [-0.25, -0.2) is 29.9 Å². The number of hydrogen-bond acceptors (Lipinski definition) is 6. The van der Waals surface area contributed by atoms with Crippen LogP contribution >= 0.6 is 0 Å². The lowest BCUT2D eigenvalue weighted by atomic mass is 9.79. The summed E-state index contributed by atoms with van der Waals surface area (Å²) in [6.45, 7) is 4.77. The lowest BCUT2D eigenvalue weighted by Gasteiger charge is -2.23. The van der Waals surface area contributed by atoms with Crippen molar-refractivity contribution in [3.63, 3.8) is 0 Å². The van der Waals surface area contributed by atoms with Gasteiger partial charge in [0.05, 0.1) is 33.1 Å². The van der Waals surface area contributed by atoms with Crippen LogP contribution in [0.15, 0.2) is 346 Å².